The van der Waals surface area contributed by atoms with E-state index >= 15 is 0 Å². The van der Waals surface area contributed by atoms with E-state index in [1.54, 1.807) is 0 Å². The van der Waals surface area contributed by atoms with Crippen LogP contribution in [0.3, 0.4) is 0 Å². The van der Waals surface area contributed by atoms with Crippen molar-refractivity contribution in [3.05, 3.63) is 12.7 Å². The van der Waals surface area contributed by atoms with Gasteiger partial charge in [-0.3, -0.25) is 18.4 Å². The van der Waals surface area contributed by atoms with E-state index in [1.165, 1.54) is 10.9 Å². The van der Waals surface area contributed by atoms with Crippen molar-refractivity contribution in [1.29, 1.82) is 0 Å². The van der Waals surface area contributed by atoms with E-state index < -0.39 is 84.0 Å². The summed E-state index contributed by atoms with van der Waals surface area (Å²) in [6, 6.07) is 0. The number of nitrogens with zero attached hydrogens (tertiary/aromatic N) is 4. The number of fused-ring (bicyclic) bond motifs is 1. The standard InChI is InChI=1S/C17H25N5O15P2/c1-6(23)34-13-8(36-17(27)12(13)26)3-33-39(30,31)37-38(28,29)32-2-7-10(24)11(25)16(35-7)22-5-21-9-14(18)19-4-20-15(9)22/h4-5,7-8,10-13,16-17,24-27H,2-3H2,1H3,(H,28,29)(H,30,31)(H2,18,19,20)/t7-,8+,10-,11-,12-,13-,16-,17+/m1/s1. The van der Waals surface area contributed by atoms with Gasteiger partial charge < -0.3 is 50.2 Å². The van der Waals surface area contributed by atoms with Crippen molar-refractivity contribution in [2.24, 2.45) is 0 Å². The number of phosphoric acid groups is 2. The zero-order valence-corrected chi connectivity index (χ0v) is 21.6. The van der Waals surface area contributed by atoms with E-state index in [2.05, 4.69) is 28.3 Å². The monoisotopic (exact) mass is 601 g/mol. The van der Waals surface area contributed by atoms with Crippen molar-refractivity contribution >= 4 is 38.6 Å². The Bertz CT molecular complexity index is 1300. The second kappa shape index (κ2) is 11.4. The van der Waals surface area contributed by atoms with Crippen LogP contribution in [-0.4, -0.2) is 112 Å². The van der Waals surface area contributed by atoms with Crippen LogP contribution in [-0.2, 0) is 41.5 Å². The molecule has 8 N–H and O–H groups in total. The van der Waals surface area contributed by atoms with Gasteiger partial charge in [0.2, 0.25) is 0 Å². The maximum absolute atomic E-state index is 12.3. The van der Waals surface area contributed by atoms with Gasteiger partial charge in [0.15, 0.2) is 30.1 Å². The van der Waals surface area contributed by atoms with E-state index in [0.29, 0.717) is 0 Å². The molecule has 2 aromatic heterocycles. The minimum absolute atomic E-state index is 0.0504. The van der Waals surface area contributed by atoms with Crippen LogP contribution in [0, 0.1) is 0 Å². The molecule has 2 aromatic rings. The summed E-state index contributed by atoms with van der Waals surface area (Å²) in [7, 11) is -10.7. The first kappa shape index (κ1) is 29.8. The molecule has 0 spiro atoms. The van der Waals surface area contributed by atoms with Crippen molar-refractivity contribution in [3.63, 3.8) is 0 Å². The highest BCUT2D eigenvalue weighted by atomic mass is 31.3. The molecule has 2 saturated heterocycles. The molecule has 2 aliphatic heterocycles. The number of rotatable bonds is 10. The number of hydrogen-bond donors (Lipinski definition) is 7. The van der Waals surface area contributed by atoms with Crippen LogP contribution in [0.4, 0.5) is 5.82 Å². The van der Waals surface area contributed by atoms with Crippen molar-refractivity contribution in [3.8, 4) is 0 Å². The number of anilines is 1. The van der Waals surface area contributed by atoms with E-state index in [4.69, 9.17) is 19.9 Å². The first-order valence-electron chi connectivity index (χ1n) is 11.0. The number of nitrogen functional groups attached to an aromatic ring is 1. The number of hydrogen-bond acceptors (Lipinski definition) is 17. The molecule has 0 saturated carbocycles. The zero-order valence-electron chi connectivity index (χ0n) is 19.8. The molecule has 0 radical (unpaired) electrons. The summed E-state index contributed by atoms with van der Waals surface area (Å²) in [4.78, 5) is 42.7. The smallest absolute Gasteiger partial charge is 0.457 e. The Morgan fingerprint density at radius 2 is 1.64 bits per heavy atom. The molecule has 4 heterocycles. The van der Waals surface area contributed by atoms with Crippen molar-refractivity contribution in [1.82, 2.24) is 19.5 Å². The third-order valence-corrected chi connectivity index (χ3v) is 8.22. The van der Waals surface area contributed by atoms with Gasteiger partial charge in [0.25, 0.3) is 0 Å². The highest BCUT2D eigenvalue weighted by molar-refractivity contribution is 7.61. The fourth-order valence-electron chi connectivity index (χ4n) is 3.86. The highest BCUT2D eigenvalue weighted by Crippen LogP contribution is 2.60. The molecular weight excluding hydrogens is 576 g/mol. The maximum Gasteiger partial charge on any atom is 0.481 e. The number of ether oxygens (including phenoxy) is 3. The summed E-state index contributed by atoms with van der Waals surface area (Å²) in [6.45, 7) is -0.821. The van der Waals surface area contributed by atoms with Gasteiger partial charge in [-0.15, -0.1) is 0 Å². The molecule has 0 bridgehead atoms. The summed E-state index contributed by atoms with van der Waals surface area (Å²) in [5, 5.41) is 40.2. The van der Waals surface area contributed by atoms with E-state index in [-0.39, 0.29) is 17.0 Å². The minimum atomic E-state index is -5.35. The Labute approximate surface area is 218 Å². The normalized spacial score (nSPS) is 34.1. The average molecular weight is 601 g/mol. The van der Waals surface area contributed by atoms with Gasteiger partial charge in [-0.1, -0.05) is 0 Å². The Hall–Kier alpha value is -2.16. The van der Waals surface area contributed by atoms with Crippen LogP contribution < -0.4 is 5.73 Å². The summed E-state index contributed by atoms with van der Waals surface area (Å²) in [6.07, 6.45) is -10.0. The molecule has 4 rings (SSSR count). The van der Waals surface area contributed by atoms with Gasteiger partial charge in [0.05, 0.1) is 19.5 Å². The lowest BCUT2D eigenvalue weighted by molar-refractivity contribution is -0.153. The Balaban J connectivity index is 1.34. The topological polar surface area (TPSA) is 298 Å². The number of phosphoric ester groups is 2. The number of esters is 1. The molecule has 218 valence electrons. The SMILES string of the molecule is CC(=O)O[C@H]1[C@@H](O)[C@@H](O)O[C@H]1COP(=O)(O)OP(=O)(O)OC[C@H]1O[C@@H](n2cnc3c(N)ncnc32)[C@H](O)[C@@H]1O. The molecule has 2 aliphatic rings. The van der Waals surface area contributed by atoms with Crippen LogP contribution in [0.15, 0.2) is 12.7 Å². The number of imidazole rings is 1. The predicted octanol–water partition coefficient (Wildman–Crippen LogP) is -2.71. The van der Waals surface area contributed by atoms with Crippen molar-refractivity contribution in [2.45, 2.75) is 56.1 Å². The Morgan fingerprint density at radius 3 is 2.28 bits per heavy atom. The van der Waals surface area contributed by atoms with Gasteiger partial charge in [0.1, 0.15) is 42.4 Å². The quantitative estimate of drug-likeness (QED) is 0.107. The molecule has 10 atom stereocenters. The average Bonchev–Trinajstić information content (AvgIpc) is 3.47. The molecule has 0 aliphatic carbocycles. The Kier molecular flexibility index (Phi) is 8.70. The number of aliphatic hydroxyl groups excluding tert-OH is 4. The van der Waals surface area contributed by atoms with Gasteiger partial charge in [-0.25, -0.2) is 24.1 Å². The molecule has 39 heavy (non-hydrogen) atoms. The van der Waals surface area contributed by atoms with Crippen LogP contribution in [0.5, 0.6) is 0 Å². The summed E-state index contributed by atoms with van der Waals surface area (Å²) >= 11 is 0. The largest absolute Gasteiger partial charge is 0.481 e. The predicted molar refractivity (Wildman–Crippen MR) is 121 cm³/mol. The lowest BCUT2D eigenvalue weighted by Gasteiger charge is -2.22. The molecule has 22 heteroatoms. The summed E-state index contributed by atoms with van der Waals surface area (Å²) < 4.78 is 54.3. The van der Waals surface area contributed by atoms with Gasteiger partial charge in [0, 0.05) is 6.92 Å². The zero-order chi connectivity index (χ0) is 28.7. The molecule has 0 aromatic carbocycles. The number of nitrogens with two attached hydrogens (primary N) is 1. The number of carbonyl (C=O) groups excluding carboxylic acids is 1. The van der Waals surface area contributed by atoms with E-state index in [9.17, 15) is 44.1 Å². The minimum Gasteiger partial charge on any atom is -0.457 e. The second-order valence-corrected chi connectivity index (χ2v) is 11.4. The van der Waals surface area contributed by atoms with Gasteiger partial charge in [-0.05, 0) is 0 Å². The maximum atomic E-state index is 12.3. The first-order chi connectivity index (χ1) is 18.2. The van der Waals surface area contributed by atoms with Crippen LogP contribution >= 0.6 is 15.6 Å². The molecule has 2 unspecified atom stereocenters. The van der Waals surface area contributed by atoms with Gasteiger partial charge >= 0.3 is 21.6 Å². The Morgan fingerprint density at radius 1 is 1.00 bits per heavy atom. The molecule has 0 amide bonds. The third-order valence-electron chi connectivity index (χ3n) is 5.62. The fourth-order valence-corrected chi connectivity index (χ4v) is 5.95. The number of carbonyl (C=O) groups is 1. The second-order valence-electron chi connectivity index (χ2n) is 8.37. The van der Waals surface area contributed by atoms with Gasteiger partial charge in [-0.2, -0.15) is 4.31 Å². The number of aromatic nitrogens is 4. The van der Waals surface area contributed by atoms with E-state index in [0.717, 1.165) is 13.3 Å². The summed E-state index contributed by atoms with van der Waals surface area (Å²) in [5.41, 5.74) is 6.08. The number of aliphatic hydroxyl groups is 4. The highest BCUT2D eigenvalue weighted by Gasteiger charge is 2.48. The van der Waals surface area contributed by atoms with Crippen molar-refractivity contribution < 1.29 is 71.7 Å². The van der Waals surface area contributed by atoms with Crippen LogP contribution in [0.2, 0.25) is 0 Å². The van der Waals surface area contributed by atoms with Crippen LogP contribution in [0.25, 0.3) is 11.2 Å². The third kappa shape index (κ3) is 6.60. The lowest BCUT2D eigenvalue weighted by Crippen LogP contribution is -2.38. The van der Waals surface area contributed by atoms with Crippen LogP contribution in [0.1, 0.15) is 13.2 Å². The molecule has 20 nitrogen and oxygen atoms in total. The first-order valence-corrected chi connectivity index (χ1v) is 14.0. The van der Waals surface area contributed by atoms with E-state index in [1.807, 2.05) is 0 Å². The van der Waals surface area contributed by atoms with Crippen molar-refractivity contribution in [2.75, 3.05) is 18.9 Å². The fraction of sp³-hybridized carbons (Fsp3) is 0.647. The summed E-state index contributed by atoms with van der Waals surface area (Å²) in [5.74, 6) is -0.810. The molecular formula is C17H25N5O15P2. The lowest BCUT2D eigenvalue weighted by atomic mass is 10.1. The molecule has 2 fully saturated rings.